The van der Waals surface area contributed by atoms with Crippen LogP contribution in [0.4, 0.5) is 0 Å². The van der Waals surface area contributed by atoms with Crippen LogP contribution in [-0.2, 0) is 9.59 Å². The van der Waals surface area contributed by atoms with Crippen LogP contribution in [0.2, 0.25) is 0 Å². The summed E-state index contributed by atoms with van der Waals surface area (Å²) in [5, 5.41) is 0. The maximum Gasteiger partial charge on any atom is 0.247 e. The fourth-order valence-corrected chi connectivity index (χ4v) is 1.49. The molecule has 0 spiro atoms. The first-order chi connectivity index (χ1) is 9.60. The minimum atomic E-state index is -0.254. The van der Waals surface area contributed by atoms with Gasteiger partial charge in [-0.05, 0) is 0 Å². The molecule has 2 amide bonds. The summed E-state index contributed by atoms with van der Waals surface area (Å²) in [6.07, 6.45) is 9.01. The number of amides is 2. The molecule has 0 aliphatic heterocycles. The van der Waals surface area contributed by atoms with Crippen LogP contribution in [0.3, 0.4) is 0 Å². The molecule has 0 radical (unpaired) electrons. The third kappa shape index (κ3) is 6.54. The molecule has 0 fully saturated rings. The average molecular weight is 274 g/mol. The Bertz CT molecular complexity index is 353. The molecular weight excluding hydrogens is 252 g/mol. The lowest BCUT2D eigenvalue weighted by molar-refractivity contribution is -0.127. The van der Waals surface area contributed by atoms with Crippen molar-refractivity contribution in [2.45, 2.75) is 0 Å². The van der Waals surface area contributed by atoms with Crippen molar-refractivity contribution in [3.63, 3.8) is 0 Å². The van der Waals surface area contributed by atoms with E-state index in [4.69, 9.17) is 0 Å². The van der Waals surface area contributed by atoms with Crippen molar-refractivity contribution in [3.05, 3.63) is 62.8 Å². The lowest BCUT2D eigenvalue weighted by atomic mass is 10.3. The van der Waals surface area contributed by atoms with Gasteiger partial charge in [0.2, 0.25) is 11.8 Å². The van der Waals surface area contributed by atoms with Gasteiger partial charge in [-0.3, -0.25) is 9.59 Å². The molecule has 0 aliphatic rings. The SMILES string of the molecule is C=CCN(CC=C)C(=O)/C=C/C(=O)N(CC=C)CC=C. The van der Waals surface area contributed by atoms with Gasteiger partial charge >= 0.3 is 0 Å². The predicted octanol–water partition coefficient (Wildman–Crippen LogP) is 1.94. The second kappa shape index (κ2) is 10.6. The monoisotopic (exact) mass is 274 g/mol. The quantitative estimate of drug-likeness (QED) is 0.451. The van der Waals surface area contributed by atoms with Crippen LogP contribution in [0.5, 0.6) is 0 Å². The van der Waals surface area contributed by atoms with Crippen molar-refractivity contribution in [1.29, 1.82) is 0 Å². The van der Waals surface area contributed by atoms with Crippen LogP contribution in [0.1, 0.15) is 0 Å². The maximum absolute atomic E-state index is 11.9. The van der Waals surface area contributed by atoms with Crippen molar-refractivity contribution in [1.82, 2.24) is 9.80 Å². The van der Waals surface area contributed by atoms with Crippen LogP contribution in [-0.4, -0.2) is 47.8 Å². The Hall–Kier alpha value is -2.36. The van der Waals surface area contributed by atoms with E-state index in [0.29, 0.717) is 26.2 Å². The minimum Gasteiger partial charge on any atom is -0.332 e. The summed E-state index contributed by atoms with van der Waals surface area (Å²) >= 11 is 0. The molecule has 4 heteroatoms. The Morgan fingerprint density at radius 3 is 1.10 bits per heavy atom. The van der Waals surface area contributed by atoms with Crippen molar-refractivity contribution in [2.24, 2.45) is 0 Å². The number of hydrogen-bond acceptors (Lipinski definition) is 2. The summed E-state index contributed by atoms with van der Waals surface area (Å²) in [4.78, 5) is 26.8. The Balaban J connectivity index is 4.71. The highest BCUT2D eigenvalue weighted by Gasteiger charge is 2.10. The van der Waals surface area contributed by atoms with Crippen LogP contribution in [0.15, 0.2) is 62.8 Å². The highest BCUT2D eigenvalue weighted by Crippen LogP contribution is 1.96. The first-order valence-corrected chi connectivity index (χ1v) is 6.30. The maximum atomic E-state index is 11.9. The molecule has 0 aliphatic carbocycles. The Kier molecular flexibility index (Phi) is 9.31. The molecule has 20 heavy (non-hydrogen) atoms. The summed E-state index contributed by atoms with van der Waals surface area (Å²) in [6.45, 7) is 16.0. The minimum absolute atomic E-state index is 0.254. The van der Waals surface area contributed by atoms with E-state index >= 15 is 0 Å². The number of nitrogens with zero attached hydrogens (tertiary/aromatic N) is 2. The second-order valence-corrected chi connectivity index (χ2v) is 3.97. The van der Waals surface area contributed by atoms with Gasteiger partial charge in [0.25, 0.3) is 0 Å². The highest BCUT2D eigenvalue weighted by atomic mass is 16.2. The van der Waals surface area contributed by atoms with Crippen LogP contribution >= 0.6 is 0 Å². The van der Waals surface area contributed by atoms with Gasteiger partial charge in [-0.25, -0.2) is 0 Å². The van der Waals surface area contributed by atoms with E-state index in [-0.39, 0.29) is 11.8 Å². The van der Waals surface area contributed by atoms with Crippen LogP contribution in [0.25, 0.3) is 0 Å². The van der Waals surface area contributed by atoms with E-state index in [2.05, 4.69) is 26.3 Å². The summed E-state index contributed by atoms with van der Waals surface area (Å²) in [5.74, 6) is -0.509. The fraction of sp³-hybridized carbons (Fsp3) is 0.250. The normalized spacial score (nSPS) is 9.80. The van der Waals surface area contributed by atoms with E-state index < -0.39 is 0 Å². The molecule has 0 aromatic rings. The largest absolute Gasteiger partial charge is 0.332 e. The second-order valence-electron chi connectivity index (χ2n) is 3.97. The fourth-order valence-electron chi connectivity index (χ4n) is 1.49. The summed E-state index contributed by atoms with van der Waals surface area (Å²) in [6, 6.07) is 0. The van der Waals surface area contributed by atoms with Gasteiger partial charge in [-0.15, -0.1) is 26.3 Å². The van der Waals surface area contributed by atoms with E-state index in [0.717, 1.165) is 0 Å². The van der Waals surface area contributed by atoms with Gasteiger partial charge in [-0.2, -0.15) is 0 Å². The summed E-state index contributed by atoms with van der Waals surface area (Å²) in [7, 11) is 0. The number of rotatable bonds is 10. The summed E-state index contributed by atoms with van der Waals surface area (Å²) in [5.41, 5.74) is 0. The molecule has 0 unspecified atom stereocenters. The molecule has 0 rings (SSSR count). The molecular formula is C16H22N2O2. The molecule has 0 saturated carbocycles. The molecule has 0 heterocycles. The van der Waals surface area contributed by atoms with Gasteiger partial charge in [0.15, 0.2) is 0 Å². The number of carbonyl (C=O) groups is 2. The molecule has 108 valence electrons. The average Bonchev–Trinajstić information content (AvgIpc) is 2.44. The van der Waals surface area contributed by atoms with E-state index in [1.54, 1.807) is 24.3 Å². The topological polar surface area (TPSA) is 40.6 Å². The van der Waals surface area contributed by atoms with E-state index in [1.807, 2.05) is 0 Å². The van der Waals surface area contributed by atoms with E-state index in [9.17, 15) is 9.59 Å². The zero-order valence-electron chi connectivity index (χ0n) is 11.8. The molecule has 0 saturated heterocycles. The van der Waals surface area contributed by atoms with Crippen LogP contribution < -0.4 is 0 Å². The van der Waals surface area contributed by atoms with Crippen LogP contribution in [0, 0.1) is 0 Å². The predicted molar refractivity (Wildman–Crippen MR) is 83.1 cm³/mol. The third-order valence-electron chi connectivity index (χ3n) is 2.39. The zero-order valence-corrected chi connectivity index (χ0v) is 11.8. The van der Waals surface area contributed by atoms with Gasteiger partial charge < -0.3 is 9.80 Å². The van der Waals surface area contributed by atoms with Gasteiger partial charge in [0.05, 0.1) is 0 Å². The highest BCUT2D eigenvalue weighted by molar-refractivity contribution is 5.96. The first-order valence-electron chi connectivity index (χ1n) is 6.30. The molecule has 0 bridgehead atoms. The standard InChI is InChI=1S/C16H22N2O2/c1-5-11-17(12-6-2)15(19)9-10-16(20)18(13-7-3)14-8-4/h5-10H,1-4,11-14H2/b10-9+. The summed E-state index contributed by atoms with van der Waals surface area (Å²) < 4.78 is 0. The lowest BCUT2D eigenvalue weighted by Crippen LogP contribution is -2.32. The first kappa shape index (κ1) is 17.6. The van der Waals surface area contributed by atoms with E-state index in [1.165, 1.54) is 22.0 Å². The third-order valence-corrected chi connectivity index (χ3v) is 2.39. The Morgan fingerprint density at radius 2 is 0.900 bits per heavy atom. The Morgan fingerprint density at radius 1 is 0.650 bits per heavy atom. The van der Waals surface area contributed by atoms with Crippen molar-refractivity contribution >= 4 is 11.8 Å². The lowest BCUT2D eigenvalue weighted by Gasteiger charge is -2.18. The van der Waals surface area contributed by atoms with Gasteiger partial charge in [0, 0.05) is 38.3 Å². The van der Waals surface area contributed by atoms with Gasteiger partial charge in [0.1, 0.15) is 0 Å². The molecule has 4 nitrogen and oxygen atoms in total. The van der Waals surface area contributed by atoms with Crippen molar-refractivity contribution in [2.75, 3.05) is 26.2 Å². The Labute approximate surface area is 121 Å². The molecule has 0 atom stereocenters. The zero-order chi connectivity index (χ0) is 15.4. The molecule has 0 N–H and O–H groups in total. The number of carbonyl (C=O) groups excluding carboxylic acids is 2. The van der Waals surface area contributed by atoms with Crippen molar-refractivity contribution < 1.29 is 9.59 Å². The van der Waals surface area contributed by atoms with Gasteiger partial charge in [-0.1, -0.05) is 24.3 Å². The number of hydrogen-bond donors (Lipinski definition) is 0. The molecule has 0 aromatic carbocycles. The smallest absolute Gasteiger partial charge is 0.247 e. The molecule has 0 aromatic heterocycles. The van der Waals surface area contributed by atoms with Crippen molar-refractivity contribution in [3.8, 4) is 0 Å².